The van der Waals surface area contributed by atoms with Crippen molar-refractivity contribution in [3.05, 3.63) is 51.8 Å². The summed E-state index contributed by atoms with van der Waals surface area (Å²) in [6, 6.07) is 5.68. The number of alkyl halides is 3. The molecule has 1 fully saturated rings. The number of ether oxygens (including phenoxy) is 2. The van der Waals surface area contributed by atoms with Gasteiger partial charge in [0.2, 0.25) is 10.0 Å². The molecule has 1 aliphatic rings. The van der Waals surface area contributed by atoms with E-state index in [1.807, 2.05) is 0 Å². The van der Waals surface area contributed by atoms with Crippen LogP contribution in [0.2, 0.25) is 10.0 Å². The van der Waals surface area contributed by atoms with E-state index >= 15 is 0 Å². The van der Waals surface area contributed by atoms with Crippen molar-refractivity contribution in [3.63, 3.8) is 0 Å². The molecule has 1 saturated heterocycles. The maximum absolute atomic E-state index is 14.4. The summed E-state index contributed by atoms with van der Waals surface area (Å²) in [7, 11) is -3.90. The summed E-state index contributed by atoms with van der Waals surface area (Å²) in [6.45, 7) is 0.763. The van der Waals surface area contributed by atoms with Crippen LogP contribution in [-0.4, -0.2) is 46.1 Å². The van der Waals surface area contributed by atoms with Gasteiger partial charge in [0.25, 0.3) is 5.91 Å². The van der Waals surface area contributed by atoms with Gasteiger partial charge >= 0.3 is 6.36 Å². The Bertz CT molecular complexity index is 1180. The second-order valence-electron chi connectivity index (χ2n) is 7.10. The second kappa shape index (κ2) is 9.43. The number of carbonyl (C=O) groups is 1. The van der Waals surface area contributed by atoms with E-state index in [0.29, 0.717) is 25.2 Å². The molecule has 0 aliphatic carbocycles. The molecule has 0 radical (unpaired) electrons. The van der Waals surface area contributed by atoms with Gasteiger partial charge in [0.1, 0.15) is 23.4 Å². The molecule has 1 atom stereocenters. The first kappa shape index (κ1) is 25.2. The Kier molecular flexibility index (Phi) is 7.20. The van der Waals surface area contributed by atoms with Gasteiger partial charge in [-0.05, 0) is 24.3 Å². The molecule has 0 aromatic heterocycles. The molecule has 0 saturated carbocycles. The van der Waals surface area contributed by atoms with Gasteiger partial charge in [-0.2, -0.15) is 0 Å². The predicted molar refractivity (Wildman–Crippen MR) is 113 cm³/mol. The molecule has 0 spiro atoms. The first-order valence-corrected chi connectivity index (χ1v) is 11.8. The molecule has 7 nitrogen and oxygen atoms in total. The number of nitrogens with zero attached hydrogens (tertiary/aromatic N) is 1. The number of sulfonamides is 1. The van der Waals surface area contributed by atoms with Gasteiger partial charge in [-0.1, -0.05) is 23.2 Å². The summed E-state index contributed by atoms with van der Waals surface area (Å²) in [5, 5.41) is -0.326. The molecule has 180 valence electrons. The van der Waals surface area contributed by atoms with Gasteiger partial charge in [0.15, 0.2) is 0 Å². The molecule has 0 bridgehead atoms. The largest absolute Gasteiger partial charge is 0.573 e. The molecule has 1 amide bonds. The summed E-state index contributed by atoms with van der Waals surface area (Å²) >= 11 is 12.0. The minimum absolute atomic E-state index is 0.0520. The van der Waals surface area contributed by atoms with Gasteiger partial charge in [-0.25, -0.2) is 17.5 Å². The van der Waals surface area contributed by atoms with Crippen LogP contribution < -0.4 is 19.1 Å². The molecule has 1 heterocycles. The van der Waals surface area contributed by atoms with Crippen LogP contribution in [0.1, 0.15) is 16.8 Å². The number of hydrogen-bond acceptors (Lipinski definition) is 6. The molecule has 2 aromatic rings. The number of anilines is 1. The third-order valence-electron chi connectivity index (χ3n) is 4.49. The summed E-state index contributed by atoms with van der Waals surface area (Å²) < 4.78 is 85.1. The fraction of sp³-hybridized carbons (Fsp3) is 0.316. The molecular weight excluding hydrogens is 515 g/mol. The third-order valence-corrected chi connectivity index (χ3v) is 5.64. The lowest BCUT2D eigenvalue weighted by molar-refractivity contribution is -0.274. The zero-order chi connectivity index (χ0) is 24.6. The Labute approximate surface area is 196 Å². The fourth-order valence-corrected chi connectivity index (χ4v) is 4.02. The highest BCUT2D eigenvalue weighted by Gasteiger charge is 2.32. The highest BCUT2D eigenvalue weighted by Crippen LogP contribution is 2.35. The van der Waals surface area contributed by atoms with Crippen molar-refractivity contribution in [2.75, 3.05) is 24.2 Å². The quantitative estimate of drug-likeness (QED) is 0.558. The summed E-state index contributed by atoms with van der Waals surface area (Å²) in [5.74, 6) is -2.78. The van der Waals surface area contributed by atoms with Crippen molar-refractivity contribution in [2.45, 2.75) is 18.9 Å². The summed E-state index contributed by atoms with van der Waals surface area (Å²) in [4.78, 5) is 13.7. The van der Waals surface area contributed by atoms with Crippen molar-refractivity contribution in [2.24, 2.45) is 0 Å². The van der Waals surface area contributed by atoms with Crippen LogP contribution in [0, 0.1) is 5.82 Å². The molecule has 2 aromatic carbocycles. The first-order valence-electron chi connectivity index (χ1n) is 9.20. The van der Waals surface area contributed by atoms with Crippen LogP contribution in [0.25, 0.3) is 0 Å². The van der Waals surface area contributed by atoms with Gasteiger partial charge in [-0.3, -0.25) is 4.79 Å². The standard InChI is InChI=1S/C19H16Cl2F4N2O5S/c1-33(29,30)26-18(28)12-7-14(21)17(8-15(12)22)31-11-4-5-27(9-11)10-2-3-16(13(20)6-10)32-19(23,24)25/h2-3,6-8,11H,4-5,9H2,1H3,(H,26,28)/t11-/m1/s1. The normalized spacial score (nSPS) is 16.6. The van der Waals surface area contributed by atoms with Gasteiger partial charge < -0.3 is 14.4 Å². The zero-order valence-corrected chi connectivity index (χ0v) is 19.1. The van der Waals surface area contributed by atoms with Crippen molar-refractivity contribution < 1.29 is 40.2 Å². The molecule has 33 heavy (non-hydrogen) atoms. The average Bonchev–Trinajstić information content (AvgIpc) is 3.12. The van der Waals surface area contributed by atoms with E-state index in [2.05, 4.69) is 4.74 Å². The van der Waals surface area contributed by atoms with E-state index in [0.717, 1.165) is 24.5 Å². The van der Waals surface area contributed by atoms with E-state index in [9.17, 15) is 30.8 Å². The number of benzene rings is 2. The van der Waals surface area contributed by atoms with E-state index in [1.54, 1.807) is 9.62 Å². The minimum Gasteiger partial charge on any atom is -0.487 e. The number of carbonyl (C=O) groups excluding carboxylic acids is 1. The summed E-state index contributed by atoms with van der Waals surface area (Å²) in [5.41, 5.74) is -0.0349. The van der Waals surface area contributed by atoms with Crippen LogP contribution in [0.15, 0.2) is 30.3 Å². The number of hydrogen-bond donors (Lipinski definition) is 1. The smallest absolute Gasteiger partial charge is 0.487 e. The van der Waals surface area contributed by atoms with Gasteiger partial charge in [-0.15, -0.1) is 13.2 Å². The third kappa shape index (κ3) is 6.78. The SMILES string of the molecule is CS(=O)(=O)NC(=O)c1cc(Cl)c(O[C@@H]2CCN(c3ccc(OC(F)(F)F)c(Cl)c3)C2)cc1F. The number of nitrogens with one attached hydrogen (secondary N) is 1. The predicted octanol–water partition coefficient (Wildman–Crippen LogP) is 4.38. The molecule has 1 aliphatic heterocycles. The Balaban J connectivity index is 1.68. The van der Waals surface area contributed by atoms with E-state index < -0.39 is 45.5 Å². The van der Waals surface area contributed by atoms with E-state index in [-0.39, 0.29) is 15.8 Å². The monoisotopic (exact) mass is 530 g/mol. The molecule has 1 N–H and O–H groups in total. The lowest BCUT2D eigenvalue weighted by Crippen LogP contribution is -2.30. The Morgan fingerprint density at radius 3 is 2.42 bits per heavy atom. The van der Waals surface area contributed by atoms with Crippen LogP contribution in [0.3, 0.4) is 0 Å². The first-order chi connectivity index (χ1) is 15.2. The molecule has 14 heteroatoms. The maximum Gasteiger partial charge on any atom is 0.573 e. The zero-order valence-electron chi connectivity index (χ0n) is 16.7. The lowest BCUT2D eigenvalue weighted by Gasteiger charge is -2.20. The lowest BCUT2D eigenvalue weighted by atomic mass is 10.2. The van der Waals surface area contributed by atoms with Gasteiger partial charge in [0.05, 0.1) is 28.4 Å². The van der Waals surface area contributed by atoms with Crippen molar-refractivity contribution in [3.8, 4) is 11.5 Å². The topological polar surface area (TPSA) is 84.9 Å². The van der Waals surface area contributed by atoms with Crippen LogP contribution in [-0.2, 0) is 10.0 Å². The average molecular weight is 531 g/mol. The molecule has 3 rings (SSSR count). The van der Waals surface area contributed by atoms with Crippen molar-refractivity contribution in [1.29, 1.82) is 0 Å². The highest BCUT2D eigenvalue weighted by molar-refractivity contribution is 7.89. The van der Waals surface area contributed by atoms with E-state index in [4.69, 9.17) is 27.9 Å². The highest BCUT2D eigenvalue weighted by atomic mass is 35.5. The molecule has 0 unspecified atom stereocenters. The number of amides is 1. The van der Waals surface area contributed by atoms with Crippen molar-refractivity contribution >= 4 is 44.8 Å². The van der Waals surface area contributed by atoms with Crippen LogP contribution in [0.5, 0.6) is 11.5 Å². The summed E-state index contributed by atoms with van der Waals surface area (Å²) in [6.07, 6.45) is -4.10. The minimum atomic E-state index is -4.87. The van der Waals surface area contributed by atoms with Crippen LogP contribution >= 0.6 is 23.2 Å². The molecular formula is C19H16Cl2F4N2O5S. The second-order valence-corrected chi connectivity index (χ2v) is 9.67. The number of halogens is 6. The van der Waals surface area contributed by atoms with Crippen molar-refractivity contribution in [1.82, 2.24) is 4.72 Å². The fourth-order valence-electron chi connectivity index (χ4n) is 3.15. The van der Waals surface area contributed by atoms with E-state index in [1.165, 1.54) is 12.1 Å². The maximum atomic E-state index is 14.4. The Morgan fingerprint density at radius 1 is 1.15 bits per heavy atom. The Hall–Kier alpha value is -2.44. The Morgan fingerprint density at radius 2 is 1.82 bits per heavy atom. The number of rotatable bonds is 6. The van der Waals surface area contributed by atoms with Crippen LogP contribution in [0.4, 0.5) is 23.2 Å². The van der Waals surface area contributed by atoms with Gasteiger partial charge in [0, 0.05) is 24.7 Å².